The zero-order valence-corrected chi connectivity index (χ0v) is 15.1. The molecule has 2 aromatic carbocycles. The highest BCUT2D eigenvalue weighted by Gasteiger charge is 2.11. The van der Waals surface area contributed by atoms with Crippen LogP contribution in [0.2, 0.25) is 0 Å². The number of nitrogens with zero attached hydrogens (tertiary/aromatic N) is 3. The maximum atomic E-state index is 12.7. The van der Waals surface area contributed by atoms with Crippen molar-refractivity contribution in [1.29, 1.82) is 0 Å². The van der Waals surface area contributed by atoms with E-state index in [-0.39, 0.29) is 5.56 Å². The fourth-order valence-electron chi connectivity index (χ4n) is 2.46. The highest BCUT2D eigenvalue weighted by molar-refractivity contribution is 7.98. The van der Waals surface area contributed by atoms with Crippen molar-refractivity contribution in [1.82, 2.24) is 14.6 Å². The van der Waals surface area contributed by atoms with Crippen LogP contribution in [-0.2, 0) is 0 Å². The number of hydrogen-bond donors (Lipinski definition) is 1. The van der Waals surface area contributed by atoms with Crippen molar-refractivity contribution >= 4 is 49.8 Å². The highest BCUT2D eigenvalue weighted by atomic mass is 32.2. The summed E-state index contributed by atoms with van der Waals surface area (Å²) in [7, 11) is 1.63. The molecule has 0 aliphatic heterocycles. The third-order valence-corrected chi connectivity index (χ3v) is 5.29. The lowest BCUT2D eigenvalue weighted by Crippen LogP contribution is -2.15. The number of aromatic nitrogens is 3. The van der Waals surface area contributed by atoms with Gasteiger partial charge in [-0.1, -0.05) is 11.3 Å². The molecule has 4 aromatic rings. The van der Waals surface area contributed by atoms with E-state index >= 15 is 0 Å². The van der Waals surface area contributed by atoms with Gasteiger partial charge in [0.25, 0.3) is 5.56 Å². The minimum absolute atomic E-state index is 0.157. The molecule has 126 valence electrons. The summed E-state index contributed by atoms with van der Waals surface area (Å²) >= 11 is 2.93. The fraction of sp³-hybridized carbons (Fsp3) is 0.118. The van der Waals surface area contributed by atoms with Gasteiger partial charge in [0.15, 0.2) is 0 Å². The number of anilines is 2. The Hall–Kier alpha value is -2.58. The monoisotopic (exact) mass is 370 g/mol. The van der Waals surface area contributed by atoms with Gasteiger partial charge in [-0.25, -0.2) is 4.98 Å². The average molecular weight is 370 g/mol. The van der Waals surface area contributed by atoms with E-state index in [9.17, 15) is 4.79 Å². The van der Waals surface area contributed by atoms with Gasteiger partial charge in [0.2, 0.25) is 10.1 Å². The number of fused-ring (bicyclic) bond motifs is 2. The van der Waals surface area contributed by atoms with E-state index in [1.54, 1.807) is 18.9 Å². The summed E-state index contributed by atoms with van der Waals surface area (Å²) in [5.74, 6) is 0.781. The molecule has 8 heteroatoms. The SMILES string of the molecule is COc1ccc(Nc2nn3c(=O)c4cc(SC)ccc4nc3s2)cc1. The molecule has 0 spiro atoms. The second-order valence-corrected chi connectivity index (χ2v) is 7.09. The standard InChI is InChI=1S/C17H14N4O2S2/c1-23-11-5-3-10(4-6-11)18-16-20-21-15(22)13-9-12(24-2)7-8-14(13)19-17(21)25-16/h3-9H,1-2H3,(H,18,20). The molecular weight excluding hydrogens is 356 g/mol. The molecule has 0 bridgehead atoms. The van der Waals surface area contributed by atoms with Crippen molar-refractivity contribution in [2.75, 3.05) is 18.7 Å². The van der Waals surface area contributed by atoms with Crippen molar-refractivity contribution in [3.8, 4) is 5.75 Å². The third kappa shape index (κ3) is 2.94. The first-order valence-corrected chi connectivity index (χ1v) is 9.51. The van der Waals surface area contributed by atoms with Gasteiger partial charge < -0.3 is 10.1 Å². The van der Waals surface area contributed by atoms with Crippen LogP contribution >= 0.6 is 23.1 Å². The minimum Gasteiger partial charge on any atom is -0.497 e. The molecule has 1 N–H and O–H groups in total. The first-order chi connectivity index (χ1) is 12.2. The van der Waals surface area contributed by atoms with E-state index in [2.05, 4.69) is 15.4 Å². The number of benzene rings is 2. The number of thioether (sulfide) groups is 1. The second kappa shape index (κ2) is 6.38. The molecule has 0 unspecified atom stereocenters. The Kier molecular flexibility index (Phi) is 4.06. The Bertz CT molecular complexity index is 1120. The summed E-state index contributed by atoms with van der Waals surface area (Å²) in [6.45, 7) is 0. The summed E-state index contributed by atoms with van der Waals surface area (Å²) in [6, 6.07) is 13.2. The van der Waals surface area contributed by atoms with Gasteiger partial charge in [0, 0.05) is 10.6 Å². The lowest BCUT2D eigenvalue weighted by Gasteiger charge is -2.03. The highest BCUT2D eigenvalue weighted by Crippen LogP contribution is 2.25. The molecule has 2 heterocycles. The van der Waals surface area contributed by atoms with Gasteiger partial charge in [0.1, 0.15) is 5.75 Å². The quantitative estimate of drug-likeness (QED) is 0.552. The van der Waals surface area contributed by atoms with E-state index in [1.807, 2.05) is 48.7 Å². The Morgan fingerprint density at radius 2 is 2.00 bits per heavy atom. The molecule has 0 saturated heterocycles. The summed E-state index contributed by atoms with van der Waals surface area (Å²) in [6.07, 6.45) is 1.98. The summed E-state index contributed by atoms with van der Waals surface area (Å²) < 4.78 is 6.50. The van der Waals surface area contributed by atoms with Crippen molar-refractivity contribution in [3.05, 3.63) is 52.8 Å². The van der Waals surface area contributed by atoms with Gasteiger partial charge in [-0.3, -0.25) is 4.79 Å². The summed E-state index contributed by atoms with van der Waals surface area (Å²) in [4.78, 5) is 18.9. The van der Waals surface area contributed by atoms with Gasteiger partial charge in [0.05, 0.1) is 18.0 Å². The Morgan fingerprint density at radius 3 is 2.72 bits per heavy atom. The summed E-state index contributed by atoms with van der Waals surface area (Å²) in [5.41, 5.74) is 1.39. The van der Waals surface area contributed by atoms with Gasteiger partial charge in [-0.05, 0) is 48.7 Å². The predicted octanol–water partition coefficient (Wildman–Crippen LogP) is 3.78. The van der Waals surface area contributed by atoms with E-state index in [0.717, 1.165) is 16.3 Å². The van der Waals surface area contributed by atoms with Crippen LogP contribution in [0.4, 0.5) is 10.8 Å². The maximum absolute atomic E-state index is 12.7. The molecule has 0 aliphatic carbocycles. The van der Waals surface area contributed by atoms with Crippen LogP contribution in [-0.4, -0.2) is 28.0 Å². The number of methoxy groups -OCH3 is 1. The van der Waals surface area contributed by atoms with E-state index in [1.165, 1.54) is 15.9 Å². The Balaban J connectivity index is 1.77. The molecule has 25 heavy (non-hydrogen) atoms. The van der Waals surface area contributed by atoms with Crippen LogP contribution in [0.15, 0.2) is 52.2 Å². The second-order valence-electron chi connectivity index (χ2n) is 5.26. The predicted molar refractivity (Wildman–Crippen MR) is 103 cm³/mol. The number of rotatable bonds is 4. The van der Waals surface area contributed by atoms with Crippen LogP contribution in [0.5, 0.6) is 5.75 Å². The van der Waals surface area contributed by atoms with E-state index in [0.29, 0.717) is 21.0 Å². The lowest BCUT2D eigenvalue weighted by molar-refractivity contribution is 0.415. The smallest absolute Gasteiger partial charge is 0.283 e. The molecule has 0 radical (unpaired) electrons. The third-order valence-electron chi connectivity index (χ3n) is 3.74. The molecule has 4 rings (SSSR count). The molecule has 0 fully saturated rings. The first kappa shape index (κ1) is 15.9. The molecular formula is C17H14N4O2S2. The molecule has 0 atom stereocenters. The fourth-order valence-corrected chi connectivity index (χ4v) is 3.72. The van der Waals surface area contributed by atoms with Crippen molar-refractivity contribution in [3.63, 3.8) is 0 Å². The molecule has 6 nitrogen and oxygen atoms in total. The van der Waals surface area contributed by atoms with Gasteiger partial charge in [-0.15, -0.1) is 16.9 Å². The van der Waals surface area contributed by atoms with E-state index in [4.69, 9.17) is 4.74 Å². The first-order valence-electron chi connectivity index (χ1n) is 7.46. The van der Waals surface area contributed by atoms with Crippen LogP contribution < -0.4 is 15.6 Å². The zero-order chi connectivity index (χ0) is 17.4. The number of hydrogen-bond acceptors (Lipinski definition) is 7. The number of ether oxygens (including phenoxy) is 1. The molecule has 0 saturated carbocycles. The van der Waals surface area contributed by atoms with E-state index < -0.39 is 0 Å². The Labute approximate surface area is 151 Å². The van der Waals surface area contributed by atoms with Gasteiger partial charge in [-0.2, -0.15) is 4.52 Å². The molecule has 2 aromatic heterocycles. The Morgan fingerprint density at radius 1 is 1.20 bits per heavy atom. The van der Waals surface area contributed by atoms with Crippen LogP contribution in [0.3, 0.4) is 0 Å². The van der Waals surface area contributed by atoms with Crippen LogP contribution in [0.25, 0.3) is 15.9 Å². The number of nitrogens with one attached hydrogen (secondary N) is 1. The van der Waals surface area contributed by atoms with Crippen molar-refractivity contribution < 1.29 is 4.74 Å². The van der Waals surface area contributed by atoms with Gasteiger partial charge >= 0.3 is 0 Å². The maximum Gasteiger partial charge on any atom is 0.283 e. The zero-order valence-electron chi connectivity index (χ0n) is 13.5. The summed E-state index contributed by atoms with van der Waals surface area (Å²) in [5, 5.41) is 8.75. The topological polar surface area (TPSA) is 68.5 Å². The normalized spacial score (nSPS) is 11.1. The average Bonchev–Trinajstić information content (AvgIpc) is 3.05. The van der Waals surface area contributed by atoms with Crippen LogP contribution in [0, 0.1) is 0 Å². The van der Waals surface area contributed by atoms with Crippen molar-refractivity contribution in [2.45, 2.75) is 4.90 Å². The lowest BCUT2D eigenvalue weighted by atomic mass is 10.2. The molecule has 0 amide bonds. The largest absolute Gasteiger partial charge is 0.497 e. The van der Waals surface area contributed by atoms with Crippen LogP contribution in [0.1, 0.15) is 0 Å². The minimum atomic E-state index is -0.157. The van der Waals surface area contributed by atoms with Crippen molar-refractivity contribution in [2.24, 2.45) is 0 Å². The molecule has 0 aliphatic rings.